The average Bonchev–Trinajstić information content (AvgIpc) is 2.59. The standard InChI is InChI=1S/C18H22NO5P/c1-4-22-17(20)16(14-8-6-5-7-9-14)15(10-19)11-25(21)23-12-18(2,3)13-24-25/h5-9H,4,11-13H2,1-3H3/b16-15+. The number of hydrogen-bond acceptors (Lipinski definition) is 6. The van der Waals surface area contributed by atoms with Crippen LogP contribution in [0.3, 0.4) is 0 Å². The largest absolute Gasteiger partial charge is 0.462 e. The van der Waals surface area contributed by atoms with Crippen molar-refractivity contribution < 1.29 is 23.1 Å². The first-order chi connectivity index (χ1) is 11.8. The molecule has 0 spiro atoms. The maximum Gasteiger partial charge on any atom is 0.339 e. The number of allylic oxidation sites excluding steroid dienone is 1. The molecule has 1 fully saturated rings. The van der Waals surface area contributed by atoms with Gasteiger partial charge in [0.25, 0.3) is 0 Å². The van der Waals surface area contributed by atoms with Crippen LogP contribution in [0, 0.1) is 16.7 Å². The Hall–Kier alpha value is -1.93. The third kappa shape index (κ3) is 5.02. The Bertz CT molecular complexity index is 734. The lowest BCUT2D eigenvalue weighted by atomic mass is 9.97. The van der Waals surface area contributed by atoms with E-state index in [1.165, 1.54) is 0 Å². The highest BCUT2D eigenvalue weighted by Gasteiger charge is 2.38. The minimum absolute atomic E-state index is 0.0349. The molecule has 1 heterocycles. The maximum absolute atomic E-state index is 12.8. The van der Waals surface area contributed by atoms with Gasteiger partial charge in [-0.1, -0.05) is 44.2 Å². The molecule has 1 aliphatic heterocycles. The number of hydrogen-bond donors (Lipinski definition) is 0. The lowest BCUT2D eigenvalue weighted by molar-refractivity contribution is -0.136. The Morgan fingerprint density at radius 2 is 1.88 bits per heavy atom. The number of ether oxygens (including phenoxy) is 1. The van der Waals surface area contributed by atoms with E-state index in [0.29, 0.717) is 5.56 Å². The first kappa shape index (κ1) is 19.4. The normalized spacial score (nSPS) is 19.4. The van der Waals surface area contributed by atoms with E-state index in [-0.39, 0.29) is 42.5 Å². The summed E-state index contributed by atoms with van der Waals surface area (Å²) in [6.07, 6.45) is -0.261. The van der Waals surface area contributed by atoms with Crippen LogP contribution in [0.25, 0.3) is 5.57 Å². The maximum atomic E-state index is 12.8. The van der Waals surface area contributed by atoms with Crippen LogP contribution < -0.4 is 0 Å². The molecule has 7 heteroatoms. The van der Waals surface area contributed by atoms with Crippen molar-refractivity contribution in [1.29, 1.82) is 5.26 Å². The molecule has 0 amide bonds. The van der Waals surface area contributed by atoms with Crippen molar-refractivity contribution in [3.8, 4) is 6.07 Å². The van der Waals surface area contributed by atoms with Gasteiger partial charge in [-0.15, -0.1) is 0 Å². The van der Waals surface area contributed by atoms with Crippen molar-refractivity contribution >= 4 is 19.1 Å². The van der Waals surface area contributed by atoms with E-state index in [9.17, 15) is 14.6 Å². The van der Waals surface area contributed by atoms with Gasteiger partial charge in [-0.25, -0.2) is 4.79 Å². The van der Waals surface area contributed by atoms with Crippen molar-refractivity contribution in [3.63, 3.8) is 0 Å². The molecule has 6 nitrogen and oxygen atoms in total. The molecule has 134 valence electrons. The Kier molecular flexibility index (Phi) is 6.18. The Labute approximate surface area is 147 Å². The van der Waals surface area contributed by atoms with Crippen LogP contribution in [0.15, 0.2) is 35.9 Å². The second kappa shape index (κ2) is 7.97. The first-order valence-corrected chi connectivity index (χ1v) is 9.77. The molecule has 1 saturated heterocycles. The highest BCUT2D eigenvalue weighted by molar-refractivity contribution is 7.54. The summed E-state index contributed by atoms with van der Waals surface area (Å²) in [5.41, 5.74) is 0.416. The predicted molar refractivity (Wildman–Crippen MR) is 93.8 cm³/mol. The van der Waals surface area contributed by atoms with Crippen molar-refractivity contribution in [2.45, 2.75) is 20.8 Å². The van der Waals surface area contributed by atoms with Crippen LogP contribution >= 0.6 is 7.60 Å². The van der Waals surface area contributed by atoms with E-state index >= 15 is 0 Å². The number of rotatable bonds is 5. The Morgan fingerprint density at radius 3 is 2.40 bits per heavy atom. The molecule has 0 unspecified atom stereocenters. The zero-order valence-corrected chi connectivity index (χ0v) is 15.5. The first-order valence-electron chi connectivity index (χ1n) is 8.04. The van der Waals surface area contributed by atoms with Crippen LogP contribution in [0.1, 0.15) is 26.3 Å². The molecule has 1 aliphatic rings. The number of esters is 1. The summed E-state index contributed by atoms with van der Waals surface area (Å²) in [6, 6.07) is 10.7. The highest BCUT2D eigenvalue weighted by Crippen LogP contribution is 2.55. The zero-order valence-electron chi connectivity index (χ0n) is 14.7. The van der Waals surface area contributed by atoms with E-state index in [0.717, 1.165) is 0 Å². The summed E-state index contributed by atoms with van der Waals surface area (Å²) in [5.74, 6) is -0.630. The molecule has 0 bridgehead atoms. The van der Waals surface area contributed by atoms with E-state index < -0.39 is 13.6 Å². The molecule has 0 aliphatic carbocycles. The molecule has 1 aromatic rings. The molecule has 0 radical (unpaired) electrons. The fourth-order valence-electron chi connectivity index (χ4n) is 2.30. The van der Waals surface area contributed by atoms with E-state index in [2.05, 4.69) is 0 Å². The fourth-order valence-corrected chi connectivity index (χ4v) is 4.27. The van der Waals surface area contributed by atoms with Gasteiger partial charge in [-0.05, 0) is 12.5 Å². The molecule has 1 aromatic carbocycles. The molecule has 0 aromatic heterocycles. The number of nitrogens with zero attached hydrogens (tertiary/aromatic N) is 1. The lowest BCUT2D eigenvalue weighted by Crippen LogP contribution is -2.30. The van der Waals surface area contributed by atoms with Gasteiger partial charge in [0, 0.05) is 5.41 Å². The molecular formula is C18H22NO5P. The van der Waals surface area contributed by atoms with Gasteiger partial charge in [-0.2, -0.15) is 5.26 Å². The van der Waals surface area contributed by atoms with Crippen LogP contribution in [0.5, 0.6) is 0 Å². The topological polar surface area (TPSA) is 85.6 Å². The van der Waals surface area contributed by atoms with Crippen LogP contribution in [-0.2, 0) is 23.1 Å². The number of carbonyl (C=O) groups excluding carboxylic acids is 1. The van der Waals surface area contributed by atoms with Crippen LogP contribution in [0.4, 0.5) is 0 Å². The minimum atomic E-state index is -3.49. The van der Waals surface area contributed by atoms with Gasteiger partial charge in [-0.3, -0.25) is 4.57 Å². The van der Waals surface area contributed by atoms with Gasteiger partial charge >= 0.3 is 13.6 Å². The molecular weight excluding hydrogens is 341 g/mol. The molecule has 0 saturated carbocycles. The van der Waals surface area contributed by atoms with Gasteiger partial charge in [0.15, 0.2) is 0 Å². The number of benzene rings is 1. The van der Waals surface area contributed by atoms with Gasteiger partial charge in [0.1, 0.15) is 0 Å². The van der Waals surface area contributed by atoms with Gasteiger partial charge in [0.2, 0.25) is 0 Å². The summed E-state index contributed by atoms with van der Waals surface area (Å²) in [4.78, 5) is 12.4. The van der Waals surface area contributed by atoms with E-state index in [1.54, 1.807) is 37.3 Å². The second-order valence-electron chi connectivity index (χ2n) is 6.53. The van der Waals surface area contributed by atoms with Crippen molar-refractivity contribution in [2.24, 2.45) is 5.41 Å². The van der Waals surface area contributed by atoms with E-state index in [1.807, 2.05) is 19.9 Å². The Balaban J connectivity index is 2.39. The van der Waals surface area contributed by atoms with Crippen molar-refractivity contribution in [2.75, 3.05) is 26.0 Å². The molecule has 2 rings (SSSR count). The number of carbonyl (C=O) groups is 1. The predicted octanol–water partition coefficient (Wildman–Crippen LogP) is 3.79. The average molecular weight is 363 g/mol. The summed E-state index contributed by atoms with van der Waals surface area (Å²) in [5, 5.41) is 9.57. The third-order valence-electron chi connectivity index (χ3n) is 3.63. The Morgan fingerprint density at radius 1 is 1.28 bits per heavy atom. The summed E-state index contributed by atoms with van der Waals surface area (Å²) >= 11 is 0. The third-order valence-corrected chi connectivity index (χ3v) is 5.38. The molecule has 0 N–H and O–H groups in total. The minimum Gasteiger partial charge on any atom is -0.462 e. The van der Waals surface area contributed by atoms with Gasteiger partial charge < -0.3 is 13.8 Å². The van der Waals surface area contributed by atoms with Crippen LogP contribution in [-0.4, -0.2) is 32.0 Å². The highest BCUT2D eigenvalue weighted by atomic mass is 31.2. The SMILES string of the molecule is CCOC(=O)/C(=C(\C#N)CP1(=O)OCC(C)(C)CO1)c1ccccc1. The van der Waals surface area contributed by atoms with Crippen LogP contribution in [0.2, 0.25) is 0 Å². The summed E-state index contributed by atoms with van der Waals surface area (Å²) in [6.45, 7) is 6.26. The smallest absolute Gasteiger partial charge is 0.339 e. The summed E-state index contributed by atoms with van der Waals surface area (Å²) < 4.78 is 28.8. The monoisotopic (exact) mass is 363 g/mol. The number of nitriles is 1. The quantitative estimate of drug-likeness (QED) is 0.342. The molecule has 0 atom stereocenters. The van der Waals surface area contributed by atoms with Gasteiger partial charge in [0.05, 0.1) is 43.2 Å². The fraction of sp³-hybridized carbons (Fsp3) is 0.444. The van der Waals surface area contributed by atoms with Crippen molar-refractivity contribution in [1.82, 2.24) is 0 Å². The summed E-state index contributed by atoms with van der Waals surface area (Å²) in [7, 11) is -3.49. The van der Waals surface area contributed by atoms with Crippen molar-refractivity contribution in [3.05, 3.63) is 41.5 Å². The zero-order chi connectivity index (χ0) is 18.5. The van der Waals surface area contributed by atoms with E-state index in [4.69, 9.17) is 13.8 Å². The lowest BCUT2D eigenvalue weighted by Gasteiger charge is -2.34. The second-order valence-corrected chi connectivity index (χ2v) is 8.59. The molecule has 25 heavy (non-hydrogen) atoms.